The highest BCUT2D eigenvalue weighted by Gasteiger charge is 2.05. The highest BCUT2D eigenvalue weighted by molar-refractivity contribution is 8.01. The molecule has 2 heterocycles. The smallest absolute Gasteiger partial charge is 0.0828 e. The number of pyridine rings is 1. The number of nitrogens with zero attached hydrogens (tertiary/aromatic N) is 2. The second-order valence-corrected chi connectivity index (χ2v) is 5.44. The first-order chi connectivity index (χ1) is 7.81. The Morgan fingerprint density at radius 1 is 1.62 bits per heavy atom. The van der Waals surface area contributed by atoms with Crippen LogP contribution in [0.25, 0.3) is 10.2 Å². The molecule has 2 nitrogen and oxygen atoms in total. The molecule has 5 heteroatoms. The zero-order valence-electron chi connectivity index (χ0n) is 8.39. The van der Waals surface area contributed by atoms with Crippen LogP contribution in [0.1, 0.15) is 4.88 Å². The molecule has 0 fully saturated rings. The Balaban J connectivity index is 2.17. The van der Waals surface area contributed by atoms with Gasteiger partial charge in [-0.25, -0.2) is 0 Å². The molecular formula is C11H9ClN2S2. The van der Waals surface area contributed by atoms with Crippen molar-refractivity contribution in [1.29, 1.82) is 0 Å². The van der Waals surface area contributed by atoms with E-state index >= 15 is 0 Å². The van der Waals surface area contributed by atoms with Crippen molar-refractivity contribution >= 4 is 51.6 Å². The maximum absolute atomic E-state index is 6.08. The standard InChI is InChI=1S/C11H9ClN2S2/c1-13-4-5-15-7-8-6-10-11(16-8)9(12)2-3-14-10/h2-6H,1,7H2/b5-4-. The van der Waals surface area contributed by atoms with Gasteiger partial charge in [-0.1, -0.05) is 11.6 Å². The van der Waals surface area contributed by atoms with Crippen molar-refractivity contribution in [3.8, 4) is 0 Å². The second kappa shape index (κ2) is 5.48. The summed E-state index contributed by atoms with van der Waals surface area (Å²) in [6, 6.07) is 3.90. The van der Waals surface area contributed by atoms with E-state index in [9.17, 15) is 0 Å². The third-order valence-electron chi connectivity index (χ3n) is 1.90. The molecule has 2 aromatic rings. The fraction of sp³-hybridized carbons (Fsp3) is 0.0909. The van der Waals surface area contributed by atoms with Crippen LogP contribution in [-0.4, -0.2) is 11.7 Å². The Morgan fingerprint density at radius 2 is 2.50 bits per heavy atom. The third-order valence-corrected chi connectivity index (χ3v) is 4.46. The number of fused-ring (bicyclic) bond motifs is 1. The van der Waals surface area contributed by atoms with Gasteiger partial charge in [-0.3, -0.25) is 9.98 Å². The molecule has 0 spiro atoms. The molecule has 0 unspecified atom stereocenters. The Labute approximate surface area is 107 Å². The first-order valence-electron chi connectivity index (χ1n) is 4.56. The number of halogens is 1. The summed E-state index contributed by atoms with van der Waals surface area (Å²) < 4.78 is 1.06. The minimum atomic E-state index is 0.773. The molecule has 2 rings (SSSR count). The molecule has 0 N–H and O–H groups in total. The van der Waals surface area contributed by atoms with Gasteiger partial charge < -0.3 is 0 Å². The molecule has 0 aliphatic carbocycles. The Kier molecular flexibility index (Phi) is 3.98. The van der Waals surface area contributed by atoms with Gasteiger partial charge in [0.05, 0.1) is 15.2 Å². The molecule has 0 aliphatic heterocycles. The van der Waals surface area contributed by atoms with E-state index in [0.717, 1.165) is 21.0 Å². The van der Waals surface area contributed by atoms with E-state index in [-0.39, 0.29) is 0 Å². The Bertz CT molecular complexity index is 534. The summed E-state index contributed by atoms with van der Waals surface area (Å²) in [5.41, 5.74) is 0.971. The van der Waals surface area contributed by atoms with Crippen molar-refractivity contribution in [2.45, 2.75) is 5.75 Å². The van der Waals surface area contributed by atoms with Crippen LogP contribution in [0.4, 0.5) is 0 Å². The fourth-order valence-electron chi connectivity index (χ4n) is 1.24. The van der Waals surface area contributed by atoms with Gasteiger partial charge in [0.15, 0.2) is 0 Å². The molecule has 0 atom stereocenters. The van der Waals surface area contributed by atoms with Gasteiger partial charge in [0.1, 0.15) is 0 Å². The SMILES string of the molecule is C=N/C=C\SCc1cc2nccc(Cl)c2s1. The zero-order valence-corrected chi connectivity index (χ0v) is 10.8. The lowest BCUT2D eigenvalue weighted by molar-refractivity contribution is 1.42. The molecule has 0 amide bonds. The number of rotatable bonds is 4. The van der Waals surface area contributed by atoms with Gasteiger partial charge in [-0.05, 0) is 24.3 Å². The van der Waals surface area contributed by atoms with Crippen molar-refractivity contribution in [2.24, 2.45) is 4.99 Å². The minimum Gasteiger partial charge on any atom is -0.272 e. The maximum atomic E-state index is 6.08. The van der Waals surface area contributed by atoms with E-state index in [1.807, 2.05) is 11.5 Å². The van der Waals surface area contributed by atoms with E-state index in [4.69, 9.17) is 11.6 Å². The van der Waals surface area contributed by atoms with Crippen LogP contribution >= 0.6 is 34.7 Å². The van der Waals surface area contributed by atoms with E-state index < -0.39 is 0 Å². The average Bonchev–Trinajstić information content (AvgIpc) is 2.69. The van der Waals surface area contributed by atoms with Crippen LogP contribution in [0.3, 0.4) is 0 Å². The summed E-state index contributed by atoms with van der Waals surface area (Å²) in [5.74, 6) is 0.906. The topological polar surface area (TPSA) is 25.2 Å². The van der Waals surface area contributed by atoms with Crippen LogP contribution < -0.4 is 0 Å². The summed E-state index contributed by atoms with van der Waals surface area (Å²) in [7, 11) is 0. The second-order valence-electron chi connectivity index (χ2n) is 3.00. The summed E-state index contributed by atoms with van der Waals surface area (Å²) in [6.07, 6.45) is 3.42. The molecule has 0 aliphatic rings. The number of hydrogen-bond donors (Lipinski definition) is 0. The zero-order chi connectivity index (χ0) is 11.4. The predicted octanol–water partition coefficient (Wildman–Crippen LogP) is 4.35. The molecular weight excluding hydrogens is 260 g/mol. The first-order valence-corrected chi connectivity index (χ1v) is 6.81. The summed E-state index contributed by atoms with van der Waals surface area (Å²) in [4.78, 5) is 9.18. The normalized spacial score (nSPS) is 11.3. The lowest BCUT2D eigenvalue weighted by Gasteiger charge is -1.89. The number of aliphatic imine (C=N–C) groups is 1. The number of thiophene rings is 1. The quantitative estimate of drug-likeness (QED) is 0.770. The molecule has 0 radical (unpaired) electrons. The molecule has 82 valence electrons. The fourth-order valence-corrected chi connectivity index (χ4v) is 3.28. The number of thioether (sulfide) groups is 1. The summed E-state index contributed by atoms with van der Waals surface area (Å²) in [6.45, 7) is 3.38. The maximum Gasteiger partial charge on any atom is 0.0828 e. The number of hydrogen-bond acceptors (Lipinski definition) is 4. The van der Waals surface area contributed by atoms with E-state index in [0.29, 0.717) is 0 Å². The lowest BCUT2D eigenvalue weighted by atomic mass is 10.4. The van der Waals surface area contributed by atoms with E-state index in [1.54, 1.807) is 35.5 Å². The Hall–Kier alpha value is -0.840. The predicted molar refractivity (Wildman–Crippen MR) is 74.6 cm³/mol. The van der Waals surface area contributed by atoms with Crippen molar-refractivity contribution in [3.63, 3.8) is 0 Å². The van der Waals surface area contributed by atoms with Crippen molar-refractivity contribution in [2.75, 3.05) is 0 Å². The van der Waals surface area contributed by atoms with Gasteiger partial charge in [0, 0.05) is 23.0 Å². The van der Waals surface area contributed by atoms with Gasteiger partial charge >= 0.3 is 0 Å². The first kappa shape index (κ1) is 11.6. The van der Waals surface area contributed by atoms with Crippen LogP contribution in [0.15, 0.2) is 34.9 Å². The van der Waals surface area contributed by atoms with E-state index in [2.05, 4.69) is 22.8 Å². The summed E-state index contributed by atoms with van der Waals surface area (Å²) >= 11 is 9.44. The number of aromatic nitrogens is 1. The molecule has 0 saturated heterocycles. The van der Waals surface area contributed by atoms with Crippen molar-refractivity contribution in [3.05, 3.63) is 39.8 Å². The van der Waals surface area contributed by atoms with Crippen molar-refractivity contribution in [1.82, 2.24) is 4.98 Å². The van der Waals surface area contributed by atoms with Gasteiger partial charge in [0.2, 0.25) is 0 Å². The van der Waals surface area contributed by atoms with E-state index in [1.165, 1.54) is 4.88 Å². The van der Waals surface area contributed by atoms with Gasteiger partial charge in [-0.15, -0.1) is 23.1 Å². The van der Waals surface area contributed by atoms with Crippen LogP contribution in [0.2, 0.25) is 5.02 Å². The van der Waals surface area contributed by atoms with Gasteiger partial charge in [0.25, 0.3) is 0 Å². The molecule has 16 heavy (non-hydrogen) atoms. The Morgan fingerprint density at radius 3 is 3.25 bits per heavy atom. The molecule has 0 bridgehead atoms. The van der Waals surface area contributed by atoms with Crippen LogP contribution in [0, 0.1) is 0 Å². The van der Waals surface area contributed by atoms with Crippen LogP contribution in [0.5, 0.6) is 0 Å². The molecule has 0 aromatic carbocycles. The van der Waals surface area contributed by atoms with Crippen molar-refractivity contribution < 1.29 is 0 Å². The molecule has 0 saturated carbocycles. The minimum absolute atomic E-state index is 0.773. The van der Waals surface area contributed by atoms with Crippen LogP contribution in [-0.2, 0) is 5.75 Å². The molecule has 2 aromatic heterocycles. The largest absolute Gasteiger partial charge is 0.272 e. The highest BCUT2D eigenvalue weighted by Crippen LogP contribution is 2.32. The average molecular weight is 269 g/mol. The van der Waals surface area contributed by atoms with Gasteiger partial charge in [-0.2, -0.15) is 0 Å². The summed E-state index contributed by atoms with van der Waals surface area (Å²) in [5, 5.41) is 2.70. The highest BCUT2D eigenvalue weighted by atomic mass is 35.5. The lowest BCUT2D eigenvalue weighted by Crippen LogP contribution is -1.70. The third kappa shape index (κ3) is 2.64. The monoisotopic (exact) mass is 268 g/mol.